The van der Waals surface area contributed by atoms with Gasteiger partial charge in [0.15, 0.2) is 0 Å². The van der Waals surface area contributed by atoms with E-state index in [1.807, 2.05) is 0 Å². The van der Waals surface area contributed by atoms with Crippen molar-refractivity contribution in [3.63, 3.8) is 0 Å². The largest absolute Gasteiger partial charge is 0.497 e. The maximum Gasteiger partial charge on any atom is 0.272 e. The third-order valence-electron chi connectivity index (χ3n) is 4.48. The number of anilines is 1. The van der Waals surface area contributed by atoms with E-state index in [1.165, 1.54) is 55.7 Å². The number of non-ortho nitro benzene ring substituents is 1. The lowest BCUT2D eigenvalue weighted by Crippen LogP contribution is -2.31. The summed E-state index contributed by atoms with van der Waals surface area (Å²) in [5.74, 6) is -0.846. The molecule has 2 amide bonds. The maximum absolute atomic E-state index is 13.1. The third kappa shape index (κ3) is 6.34. The Labute approximate surface area is 212 Å². The highest BCUT2D eigenvalue weighted by Crippen LogP contribution is 2.26. The second kappa shape index (κ2) is 11.1. The highest BCUT2D eigenvalue weighted by molar-refractivity contribution is 9.10. The van der Waals surface area contributed by atoms with E-state index in [2.05, 4.69) is 26.6 Å². The van der Waals surface area contributed by atoms with Gasteiger partial charge in [0.25, 0.3) is 17.5 Å². The number of hydrogen-bond acceptors (Lipinski definition) is 5. The first-order valence-corrected chi connectivity index (χ1v) is 11.1. The standard InChI is InChI=1S/C23H16BrCl2N3O5/c1-34-16-6-7-18(24)17(12-16)22(30)28-21(10-13-3-2-4-15(9-13)29(32)33)23(31)27-14-5-8-19(25)20(26)11-14/h2-12H,1H3,(H,27,31)(H,28,30). The smallest absolute Gasteiger partial charge is 0.272 e. The summed E-state index contributed by atoms with van der Waals surface area (Å²) in [6, 6.07) is 14.9. The van der Waals surface area contributed by atoms with E-state index in [9.17, 15) is 19.7 Å². The number of ether oxygens (including phenoxy) is 1. The molecule has 0 spiro atoms. The van der Waals surface area contributed by atoms with Gasteiger partial charge in [-0.15, -0.1) is 0 Å². The van der Waals surface area contributed by atoms with Gasteiger partial charge in [0.1, 0.15) is 11.4 Å². The molecule has 0 atom stereocenters. The van der Waals surface area contributed by atoms with E-state index >= 15 is 0 Å². The fourth-order valence-corrected chi connectivity index (χ4v) is 3.55. The number of methoxy groups -OCH3 is 1. The summed E-state index contributed by atoms with van der Waals surface area (Å²) < 4.78 is 5.64. The Bertz CT molecular complexity index is 1310. The van der Waals surface area contributed by atoms with Crippen LogP contribution < -0.4 is 15.4 Å². The minimum atomic E-state index is -0.683. The van der Waals surface area contributed by atoms with Crippen LogP contribution in [0.25, 0.3) is 6.08 Å². The number of nitrogens with one attached hydrogen (secondary N) is 2. The van der Waals surface area contributed by atoms with Crippen molar-refractivity contribution in [1.29, 1.82) is 0 Å². The van der Waals surface area contributed by atoms with Gasteiger partial charge in [0.05, 0.1) is 27.6 Å². The molecule has 0 unspecified atom stereocenters. The number of carbonyl (C=O) groups is 2. The van der Waals surface area contributed by atoms with Crippen LogP contribution in [0.1, 0.15) is 15.9 Å². The Morgan fingerprint density at radius 2 is 1.82 bits per heavy atom. The summed E-state index contributed by atoms with van der Waals surface area (Å²) in [6.07, 6.45) is 1.33. The fraction of sp³-hybridized carbons (Fsp3) is 0.0435. The molecule has 0 radical (unpaired) electrons. The predicted molar refractivity (Wildman–Crippen MR) is 134 cm³/mol. The molecule has 174 valence electrons. The third-order valence-corrected chi connectivity index (χ3v) is 5.91. The van der Waals surface area contributed by atoms with Crippen molar-refractivity contribution in [2.75, 3.05) is 12.4 Å². The Balaban J connectivity index is 1.98. The predicted octanol–water partition coefficient (Wildman–Crippen LogP) is 6.08. The SMILES string of the molecule is COc1ccc(Br)c(C(=O)NC(=Cc2cccc([N+](=O)[O-])c2)C(=O)Nc2ccc(Cl)c(Cl)c2)c1. The van der Waals surface area contributed by atoms with Gasteiger partial charge in [-0.3, -0.25) is 19.7 Å². The van der Waals surface area contributed by atoms with Crippen molar-refractivity contribution in [1.82, 2.24) is 5.32 Å². The minimum absolute atomic E-state index is 0.161. The van der Waals surface area contributed by atoms with Crippen LogP contribution in [0.2, 0.25) is 10.0 Å². The van der Waals surface area contributed by atoms with Crippen molar-refractivity contribution in [3.05, 3.63) is 102 Å². The monoisotopic (exact) mass is 563 g/mol. The van der Waals surface area contributed by atoms with E-state index in [1.54, 1.807) is 18.2 Å². The van der Waals surface area contributed by atoms with Crippen LogP contribution in [0.4, 0.5) is 11.4 Å². The zero-order valence-corrected chi connectivity index (χ0v) is 20.6. The summed E-state index contributed by atoms with van der Waals surface area (Å²) in [5.41, 5.74) is 0.553. The molecule has 3 aromatic carbocycles. The van der Waals surface area contributed by atoms with Crippen LogP contribution in [-0.2, 0) is 4.79 Å². The second-order valence-electron chi connectivity index (χ2n) is 6.79. The number of nitro benzene ring substituents is 1. The number of halogens is 3. The maximum atomic E-state index is 13.1. The normalized spacial score (nSPS) is 11.0. The quantitative estimate of drug-likeness (QED) is 0.205. The summed E-state index contributed by atoms with van der Waals surface area (Å²) in [6.45, 7) is 0. The molecule has 0 aromatic heterocycles. The average molecular weight is 565 g/mol. The Kier molecular flexibility index (Phi) is 8.27. The van der Waals surface area contributed by atoms with Gasteiger partial charge < -0.3 is 15.4 Å². The Morgan fingerprint density at radius 1 is 1.06 bits per heavy atom. The number of amides is 2. The van der Waals surface area contributed by atoms with E-state index in [0.29, 0.717) is 26.5 Å². The Hall–Kier alpha value is -3.40. The zero-order chi connectivity index (χ0) is 24.8. The number of carbonyl (C=O) groups excluding carboxylic acids is 2. The molecule has 0 fully saturated rings. The van der Waals surface area contributed by atoms with Gasteiger partial charge >= 0.3 is 0 Å². The van der Waals surface area contributed by atoms with Crippen LogP contribution in [0.5, 0.6) is 5.75 Å². The van der Waals surface area contributed by atoms with Gasteiger partial charge in [-0.1, -0.05) is 35.3 Å². The summed E-state index contributed by atoms with van der Waals surface area (Å²) >= 11 is 15.2. The van der Waals surface area contributed by atoms with E-state index in [4.69, 9.17) is 27.9 Å². The fourth-order valence-electron chi connectivity index (χ4n) is 2.82. The zero-order valence-electron chi connectivity index (χ0n) is 17.5. The van der Waals surface area contributed by atoms with Crippen molar-refractivity contribution >= 4 is 68.4 Å². The molecule has 11 heteroatoms. The highest BCUT2D eigenvalue weighted by Gasteiger charge is 2.18. The van der Waals surface area contributed by atoms with Crippen molar-refractivity contribution in [2.45, 2.75) is 0 Å². The molecule has 0 saturated heterocycles. The van der Waals surface area contributed by atoms with Gasteiger partial charge in [-0.05, 0) is 64.0 Å². The first-order chi connectivity index (χ1) is 16.2. The molecule has 0 bridgehead atoms. The summed E-state index contributed by atoms with van der Waals surface area (Å²) in [4.78, 5) is 36.6. The molecule has 0 aliphatic heterocycles. The van der Waals surface area contributed by atoms with Crippen molar-refractivity contribution in [2.24, 2.45) is 0 Å². The van der Waals surface area contributed by atoms with Gasteiger partial charge in [-0.25, -0.2) is 0 Å². The lowest BCUT2D eigenvalue weighted by Gasteiger charge is -2.13. The molecule has 8 nitrogen and oxygen atoms in total. The molecule has 0 aliphatic carbocycles. The van der Waals surface area contributed by atoms with Crippen LogP contribution >= 0.6 is 39.1 Å². The first-order valence-electron chi connectivity index (χ1n) is 9.55. The molecule has 0 saturated carbocycles. The minimum Gasteiger partial charge on any atom is -0.497 e. The molecular weight excluding hydrogens is 549 g/mol. The van der Waals surface area contributed by atoms with Crippen molar-refractivity contribution < 1.29 is 19.2 Å². The molecule has 2 N–H and O–H groups in total. The molecule has 3 rings (SSSR count). The van der Waals surface area contributed by atoms with Crippen LogP contribution in [0.3, 0.4) is 0 Å². The first kappa shape index (κ1) is 25.2. The number of nitrogens with zero attached hydrogens (tertiary/aromatic N) is 1. The number of rotatable bonds is 7. The number of benzene rings is 3. The molecule has 34 heavy (non-hydrogen) atoms. The molecule has 0 aliphatic rings. The van der Waals surface area contributed by atoms with Gasteiger partial charge in [0.2, 0.25) is 0 Å². The van der Waals surface area contributed by atoms with Gasteiger partial charge in [-0.2, -0.15) is 0 Å². The number of nitro groups is 1. The summed E-state index contributed by atoms with van der Waals surface area (Å²) in [7, 11) is 1.46. The molecule has 3 aromatic rings. The van der Waals surface area contributed by atoms with Crippen LogP contribution in [0, 0.1) is 10.1 Å². The Morgan fingerprint density at radius 3 is 2.50 bits per heavy atom. The average Bonchev–Trinajstić information content (AvgIpc) is 2.81. The summed E-state index contributed by atoms with van der Waals surface area (Å²) in [5, 5.41) is 16.9. The highest BCUT2D eigenvalue weighted by atomic mass is 79.9. The van der Waals surface area contributed by atoms with Gasteiger partial charge in [0, 0.05) is 22.3 Å². The van der Waals surface area contributed by atoms with Crippen molar-refractivity contribution in [3.8, 4) is 5.75 Å². The van der Waals surface area contributed by atoms with Crippen LogP contribution in [-0.4, -0.2) is 23.8 Å². The molecule has 0 heterocycles. The lowest BCUT2D eigenvalue weighted by molar-refractivity contribution is -0.384. The molecular formula is C23H16BrCl2N3O5. The van der Waals surface area contributed by atoms with E-state index < -0.39 is 16.7 Å². The second-order valence-corrected chi connectivity index (χ2v) is 8.46. The van der Waals surface area contributed by atoms with Crippen LogP contribution in [0.15, 0.2) is 70.8 Å². The van der Waals surface area contributed by atoms with E-state index in [-0.39, 0.29) is 22.0 Å². The van der Waals surface area contributed by atoms with E-state index in [0.717, 1.165) is 0 Å². The number of hydrogen-bond donors (Lipinski definition) is 2. The topological polar surface area (TPSA) is 111 Å². The lowest BCUT2D eigenvalue weighted by atomic mass is 10.1.